The average molecular weight is 1900 g/mol. The van der Waals surface area contributed by atoms with Crippen molar-refractivity contribution in [3.05, 3.63) is 354 Å². The number of aromatic nitrogens is 4. The third-order valence-electron chi connectivity index (χ3n) is 34.1. The van der Waals surface area contributed by atoms with E-state index in [0.717, 1.165) is 57.5 Å². The van der Waals surface area contributed by atoms with Gasteiger partial charge >= 0.3 is 0 Å². The first-order chi connectivity index (χ1) is 68.8. The molecule has 0 aliphatic heterocycles. The average Bonchev–Trinajstić information content (AvgIpc) is 1.56. The van der Waals surface area contributed by atoms with Crippen LogP contribution >= 0.6 is 0 Å². The summed E-state index contributed by atoms with van der Waals surface area (Å²) in [5, 5.41) is 9.70. The first kappa shape index (κ1) is 95.3. The van der Waals surface area contributed by atoms with E-state index in [1.165, 1.54) is 270 Å². The predicted octanol–water partition coefficient (Wildman–Crippen LogP) is 35.1. The smallest absolute Gasteiger partial charge is 0.216 e. The van der Waals surface area contributed by atoms with E-state index in [4.69, 9.17) is 17.7 Å². The zero-order valence-corrected chi connectivity index (χ0v) is 90.2. The van der Waals surface area contributed by atoms with Crippen LogP contribution < -0.4 is 18.3 Å². The van der Waals surface area contributed by atoms with Crippen molar-refractivity contribution in [3.63, 3.8) is 0 Å². The summed E-state index contributed by atoms with van der Waals surface area (Å²) < 4.78 is 36.1. The van der Waals surface area contributed by atoms with Gasteiger partial charge in [-0.15, -0.1) is 0 Å². The maximum atomic E-state index is 6.85. The Bertz CT molecular complexity index is 8660. The lowest BCUT2D eigenvalue weighted by Gasteiger charge is -2.35. The number of furan rings is 4. The van der Waals surface area contributed by atoms with Crippen LogP contribution in [0.2, 0.25) is 0 Å². The van der Waals surface area contributed by atoms with Crippen molar-refractivity contribution in [1.82, 2.24) is 0 Å². The fraction of sp³-hybridized carbons (Fsp3) is 0.324. The second-order valence-electron chi connectivity index (χ2n) is 46.8. The van der Waals surface area contributed by atoms with Crippen LogP contribution in [-0.4, -0.2) is 0 Å². The number of benzene rings is 12. The molecule has 8 heteroatoms. The molecule has 1 saturated carbocycles. The highest BCUT2D eigenvalue weighted by atomic mass is 16.3. The largest absolute Gasteiger partial charge is 0.455 e. The Labute approximate surface area is 851 Å². The molecule has 5 aliphatic rings. The van der Waals surface area contributed by atoms with Gasteiger partial charge in [0.1, 0.15) is 72.9 Å². The van der Waals surface area contributed by atoms with Gasteiger partial charge in [-0.3, -0.25) is 0 Å². The zero-order valence-electron chi connectivity index (χ0n) is 90.2. The number of fused-ring (bicyclic) bond motifs is 26. The zero-order chi connectivity index (χ0) is 101. The number of hydrogen-bond acceptors (Lipinski definition) is 4. The fourth-order valence-corrected chi connectivity index (χ4v) is 27.2. The molecular weight excluding hydrogens is 1750 g/mol. The molecule has 0 radical (unpaired) electrons. The molecule has 0 bridgehead atoms. The molecule has 8 aromatic heterocycles. The normalized spacial score (nSPS) is 14.7. The van der Waals surface area contributed by atoms with Gasteiger partial charge in [-0.1, -0.05) is 269 Å². The highest BCUT2D eigenvalue weighted by molar-refractivity contribution is 6.16. The molecule has 12 aromatic carbocycles. The second kappa shape index (κ2) is 35.2. The van der Waals surface area contributed by atoms with Gasteiger partial charge in [-0.2, -0.15) is 0 Å². The summed E-state index contributed by atoms with van der Waals surface area (Å²) in [6.45, 7) is 54.6. The molecule has 5 aliphatic carbocycles. The Hall–Kier alpha value is -13.6. The second-order valence-corrected chi connectivity index (χ2v) is 46.8. The molecule has 8 nitrogen and oxygen atoms in total. The van der Waals surface area contributed by atoms with Gasteiger partial charge in [0.2, 0.25) is 22.8 Å². The van der Waals surface area contributed by atoms with Crippen molar-refractivity contribution in [2.45, 2.75) is 250 Å². The standard InChI is InChI=1S/C38H44NO.C34H34NO.2C32H32NO/c1-22(2)19-38(20-23(3)4)32-13-11-10-12-27(32)29-18-35-30(17-33(29)38)28-15-14-25(7)36(37(28)40-35)34-16-26(8)31(24(5)6)21-39(34)9;1-20(2)27-19-35(5)30(16-22(27)4)32-21(3)12-13-24-26-17-29-25(18-31(26)36-33(24)32)23-10-6-7-11-28(23)34(29)14-8-9-15-34;1-18(2)25-17-33(7)28(14-20(25)4)30-19(3)12-13-22-24-15-27-23(16-29(24)34-31(22)30)21-10-8-9-11-26(21)32(27,5)6;1-18(2)25-17-33(7)28(14-20(25)4)30-19(3)12-13-22-24-15-23-21-10-8-9-11-26(21)32(5,6)27(23)16-29(24)34-31(22)30/h10-18,21-24H,19-20H2,1-9H3;6-7,10-13,16-20H,8-9,14-15H2,1-5H3;2*8-18H,1-7H3/q4*+1. The SMILES string of the molecule is Cc1cc(-c2c(C)ccc3c2oc2cc4c(cc23)-c2ccccc2C4(C)C)[n+](C)cc1C(C)C.Cc1cc(-c2c(C)ccc3c2oc2cc4c(cc23)C(C)(C)c2ccccc2-4)[n+](C)cc1C(C)C.Cc1cc(-c2c(C)ccc3c2oc2cc4c(cc23)C(CC(C)C)(CC(C)C)c2ccccc2-4)[n+](C)cc1C(C)C.Cc1cc(-c2c(C)ccc3c2oc2cc4c(cc23)C2(CCCC2)c2ccccc2-4)[n+](C)cc1C(C)C. The molecule has 20 aromatic rings. The maximum Gasteiger partial charge on any atom is 0.216 e. The van der Waals surface area contributed by atoms with Gasteiger partial charge < -0.3 is 17.7 Å². The van der Waals surface area contributed by atoms with E-state index in [1.807, 2.05) is 0 Å². The Morgan fingerprint density at radius 1 is 0.250 bits per heavy atom. The van der Waals surface area contributed by atoms with E-state index < -0.39 is 0 Å². The summed E-state index contributed by atoms with van der Waals surface area (Å²) >= 11 is 0. The Morgan fingerprint density at radius 2 is 0.514 bits per heavy atom. The van der Waals surface area contributed by atoms with Crippen LogP contribution in [0.15, 0.2) is 261 Å². The Balaban J connectivity index is 0.000000110. The van der Waals surface area contributed by atoms with E-state index in [0.29, 0.717) is 35.5 Å². The molecule has 144 heavy (non-hydrogen) atoms. The van der Waals surface area contributed by atoms with Crippen LogP contribution in [-0.2, 0) is 49.9 Å². The van der Waals surface area contributed by atoms with Gasteiger partial charge in [0.05, 0.1) is 22.3 Å². The van der Waals surface area contributed by atoms with Gasteiger partial charge in [-0.25, -0.2) is 18.3 Å². The minimum Gasteiger partial charge on any atom is -0.455 e. The fourth-order valence-electron chi connectivity index (χ4n) is 27.2. The van der Waals surface area contributed by atoms with Crippen LogP contribution in [0.3, 0.4) is 0 Å². The van der Waals surface area contributed by atoms with E-state index in [9.17, 15) is 0 Å². The molecule has 0 unspecified atom stereocenters. The Kier molecular flexibility index (Phi) is 23.3. The summed E-state index contributed by atoms with van der Waals surface area (Å²) in [6.07, 6.45) is 16.6. The number of pyridine rings is 4. The molecular formula is C136H142N4O4+4. The van der Waals surface area contributed by atoms with E-state index in [2.05, 4.69) is 456 Å². The van der Waals surface area contributed by atoms with Crippen molar-refractivity contribution < 1.29 is 35.9 Å². The van der Waals surface area contributed by atoms with E-state index in [-0.39, 0.29) is 21.7 Å². The van der Waals surface area contributed by atoms with Gasteiger partial charge in [0, 0.05) is 111 Å². The monoisotopic (exact) mass is 1900 g/mol. The molecule has 0 saturated heterocycles. The summed E-state index contributed by atoms with van der Waals surface area (Å²) in [5.41, 5.74) is 55.8. The first-order valence-corrected chi connectivity index (χ1v) is 53.2. The lowest BCUT2D eigenvalue weighted by molar-refractivity contribution is -0.661. The maximum absolute atomic E-state index is 6.85. The van der Waals surface area contributed by atoms with Crippen molar-refractivity contribution in [2.75, 3.05) is 0 Å². The highest BCUT2D eigenvalue weighted by Gasteiger charge is 2.48. The highest BCUT2D eigenvalue weighted by Crippen LogP contribution is 2.61. The summed E-state index contributed by atoms with van der Waals surface area (Å²) in [4.78, 5) is 0. The van der Waals surface area contributed by atoms with Crippen molar-refractivity contribution >= 4 is 87.8 Å². The number of rotatable bonds is 12. The van der Waals surface area contributed by atoms with Crippen LogP contribution in [0, 0.1) is 67.2 Å². The summed E-state index contributed by atoms with van der Waals surface area (Å²) in [6, 6.07) is 82.1. The molecule has 8 heterocycles. The predicted molar refractivity (Wildman–Crippen MR) is 601 cm³/mol. The van der Waals surface area contributed by atoms with Crippen LogP contribution in [0.1, 0.15) is 284 Å². The molecule has 0 amide bonds. The molecule has 726 valence electrons. The Morgan fingerprint density at radius 3 is 0.854 bits per heavy atom. The summed E-state index contributed by atoms with van der Waals surface area (Å²) in [7, 11) is 8.63. The lowest BCUT2D eigenvalue weighted by Crippen LogP contribution is -2.32. The van der Waals surface area contributed by atoms with Crippen LogP contribution in [0.4, 0.5) is 0 Å². The molecule has 0 N–H and O–H groups in total. The number of hydrogen-bond donors (Lipinski definition) is 0. The third-order valence-corrected chi connectivity index (χ3v) is 34.1. The van der Waals surface area contributed by atoms with Gasteiger partial charge in [0.15, 0.2) is 24.8 Å². The van der Waals surface area contributed by atoms with Crippen molar-refractivity contribution in [2.24, 2.45) is 40.0 Å². The quantitative estimate of drug-likeness (QED) is 0.114. The summed E-state index contributed by atoms with van der Waals surface area (Å²) in [5.74, 6) is 3.18. The molecule has 1 spiro atoms. The minimum atomic E-state index is -0.0337. The van der Waals surface area contributed by atoms with Crippen LogP contribution in [0.25, 0.3) is 177 Å². The number of aryl methyl sites for hydroxylation is 12. The third kappa shape index (κ3) is 15.0. The van der Waals surface area contributed by atoms with Crippen molar-refractivity contribution in [3.8, 4) is 89.5 Å². The molecule has 25 rings (SSSR count). The van der Waals surface area contributed by atoms with Gasteiger partial charge in [0.25, 0.3) is 0 Å². The number of nitrogens with zero attached hydrogens (tertiary/aromatic N) is 4. The van der Waals surface area contributed by atoms with Gasteiger partial charge in [-0.05, 0) is 299 Å². The van der Waals surface area contributed by atoms with E-state index in [1.54, 1.807) is 0 Å². The molecule has 1 fully saturated rings. The lowest BCUT2D eigenvalue weighted by atomic mass is 9.68. The van der Waals surface area contributed by atoms with Crippen LogP contribution in [0.5, 0.6) is 0 Å². The topological polar surface area (TPSA) is 68.1 Å². The first-order valence-electron chi connectivity index (χ1n) is 53.2. The van der Waals surface area contributed by atoms with E-state index >= 15 is 0 Å². The molecule has 0 atom stereocenters. The minimum absolute atomic E-state index is 0.0204. The van der Waals surface area contributed by atoms with Crippen molar-refractivity contribution in [1.29, 1.82) is 0 Å².